The highest BCUT2D eigenvalue weighted by atomic mass is 16.2. The van der Waals surface area contributed by atoms with Crippen LogP contribution in [0, 0.1) is 0 Å². The fourth-order valence-electron chi connectivity index (χ4n) is 2.36. The van der Waals surface area contributed by atoms with Crippen molar-refractivity contribution in [2.75, 3.05) is 20.6 Å². The molecule has 0 aliphatic carbocycles. The zero-order valence-corrected chi connectivity index (χ0v) is 14.9. The molecule has 0 aliphatic heterocycles. The number of nitrogens with one attached hydrogen (secondary N) is 2. The van der Waals surface area contributed by atoms with E-state index in [-0.39, 0.29) is 30.7 Å². The van der Waals surface area contributed by atoms with E-state index in [4.69, 9.17) is 0 Å². The topological polar surface area (TPSA) is 78.5 Å². The average molecular weight is 353 g/mol. The Hall–Kier alpha value is -3.15. The third kappa shape index (κ3) is 5.73. The molecule has 0 saturated heterocycles. The molecule has 136 valence electrons. The van der Waals surface area contributed by atoms with E-state index in [2.05, 4.69) is 10.6 Å². The van der Waals surface area contributed by atoms with Crippen molar-refractivity contribution in [3.63, 3.8) is 0 Å². The van der Waals surface area contributed by atoms with Gasteiger partial charge in [0, 0.05) is 19.7 Å². The Balaban J connectivity index is 2.06. The highest BCUT2D eigenvalue weighted by Gasteiger charge is 2.19. The summed E-state index contributed by atoms with van der Waals surface area (Å²) >= 11 is 0. The van der Waals surface area contributed by atoms with E-state index >= 15 is 0 Å². The second-order valence-corrected chi connectivity index (χ2v) is 6.07. The van der Waals surface area contributed by atoms with Gasteiger partial charge in [0.2, 0.25) is 11.8 Å². The normalized spacial score (nSPS) is 11.3. The van der Waals surface area contributed by atoms with Crippen LogP contribution in [-0.2, 0) is 9.59 Å². The SMILES string of the molecule is CN(C)C(=O)CNC(=O)C[C@@H](NC(=O)c1ccccc1)c1ccccc1. The summed E-state index contributed by atoms with van der Waals surface area (Å²) in [5.41, 5.74) is 1.35. The predicted octanol–water partition coefficient (Wildman–Crippen LogP) is 1.75. The maximum absolute atomic E-state index is 12.5. The minimum atomic E-state index is -0.488. The largest absolute Gasteiger partial charge is 0.347 e. The number of carbonyl (C=O) groups is 3. The lowest BCUT2D eigenvalue weighted by Gasteiger charge is -2.19. The van der Waals surface area contributed by atoms with Gasteiger partial charge in [-0.25, -0.2) is 0 Å². The smallest absolute Gasteiger partial charge is 0.251 e. The van der Waals surface area contributed by atoms with E-state index in [1.54, 1.807) is 38.4 Å². The van der Waals surface area contributed by atoms with Crippen LogP contribution in [0.15, 0.2) is 60.7 Å². The van der Waals surface area contributed by atoms with Crippen LogP contribution in [0.1, 0.15) is 28.4 Å². The molecule has 0 fully saturated rings. The van der Waals surface area contributed by atoms with Crippen LogP contribution in [0.4, 0.5) is 0 Å². The van der Waals surface area contributed by atoms with Gasteiger partial charge >= 0.3 is 0 Å². The zero-order chi connectivity index (χ0) is 18.9. The van der Waals surface area contributed by atoms with Crippen LogP contribution < -0.4 is 10.6 Å². The summed E-state index contributed by atoms with van der Waals surface area (Å²) in [7, 11) is 3.25. The van der Waals surface area contributed by atoms with E-state index in [1.807, 2.05) is 36.4 Å². The summed E-state index contributed by atoms with van der Waals surface area (Å²) in [5, 5.41) is 5.49. The first-order valence-corrected chi connectivity index (χ1v) is 8.35. The second-order valence-electron chi connectivity index (χ2n) is 6.07. The van der Waals surface area contributed by atoms with Crippen LogP contribution >= 0.6 is 0 Å². The van der Waals surface area contributed by atoms with E-state index in [9.17, 15) is 14.4 Å². The van der Waals surface area contributed by atoms with Gasteiger partial charge in [-0.15, -0.1) is 0 Å². The molecule has 6 heteroatoms. The monoisotopic (exact) mass is 353 g/mol. The molecular formula is C20H23N3O3. The van der Waals surface area contributed by atoms with Crippen molar-refractivity contribution in [3.8, 4) is 0 Å². The molecule has 0 spiro atoms. The molecule has 0 aromatic heterocycles. The molecule has 0 radical (unpaired) electrons. The van der Waals surface area contributed by atoms with Gasteiger partial charge in [-0.2, -0.15) is 0 Å². The molecule has 0 aliphatic rings. The third-order valence-corrected chi connectivity index (χ3v) is 3.87. The van der Waals surface area contributed by atoms with Crippen LogP contribution in [0.3, 0.4) is 0 Å². The van der Waals surface area contributed by atoms with Crippen molar-refractivity contribution in [2.24, 2.45) is 0 Å². The number of amides is 3. The van der Waals surface area contributed by atoms with E-state index in [1.165, 1.54) is 4.90 Å². The maximum atomic E-state index is 12.5. The fourth-order valence-corrected chi connectivity index (χ4v) is 2.36. The summed E-state index contributed by atoms with van der Waals surface area (Å²) in [6.45, 7) is -0.0695. The summed E-state index contributed by atoms with van der Waals surface area (Å²) in [6.07, 6.45) is 0.0449. The minimum Gasteiger partial charge on any atom is -0.347 e. The zero-order valence-electron chi connectivity index (χ0n) is 14.9. The van der Waals surface area contributed by atoms with Crippen molar-refractivity contribution in [3.05, 3.63) is 71.8 Å². The van der Waals surface area contributed by atoms with E-state index < -0.39 is 6.04 Å². The number of nitrogens with zero attached hydrogens (tertiary/aromatic N) is 1. The van der Waals surface area contributed by atoms with Gasteiger partial charge in [0.25, 0.3) is 5.91 Å². The Morgan fingerprint density at radius 3 is 2.08 bits per heavy atom. The van der Waals surface area contributed by atoms with Crippen molar-refractivity contribution in [1.82, 2.24) is 15.5 Å². The highest BCUT2D eigenvalue weighted by Crippen LogP contribution is 2.17. The third-order valence-electron chi connectivity index (χ3n) is 3.87. The van der Waals surface area contributed by atoms with Crippen LogP contribution in [0.5, 0.6) is 0 Å². The molecule has 2 aromatic carbocycles. The van der Waals surface area contributed by atoms with E-state index in [0.717, 1.165) is 5.56 Å². The molecule has 6 nitrogen and oxygen atoms in total. The van der Waals surface area contributed by atoms with Gasteiger partial charge < -0.3 is 15.5 Å². The number of likely N-dealkylation sites (N-methyl/N-ethyl adjacent to an activating group) is 1. The lowest BCUT2D eigenvalue weighted by molar-refractivity contribution is -0.131. The number of benzene rings is 2. The number of carbonyl (C=O) groups excluding carboxylic acids is 3. The van der Waals surface area contributed by atoms with Crippen LogP contribution in [-0.4, -0.2) is 43.3 Å². The number of hydrogen-bond donors (Lipinski definition) is 2. The summed E-state index contributed by atoms with van der Waals surface area (Å²) < 4.78 is 0. The first-order chi connectivity index (χ1) is 12.5. The van der Waals surface area contributed by atoms with Crippen molar-refractivity contribution >= 4 is 17.7 Å². The fraction of sp³-hybridized carbons (Fsp3) is 0.250. The molecule has 26 heavy (non-hydrogen) atoms. The quantitative estimate of drug-likeness (QED) is 0.796. The number of hydrogen-bond acceptors (Lipinski definition) is 3. The Labute approximate surface area is 153 Å². The Morgan fingerprint density at radius 1 is 0.923 bits per heavy atom. The van der Waals surface area contributed by atoms with Gasteiger partial charge in [0.1, 0.15) is 0 Å². The Morgan fingerprint density at radius 2 is 1.50 bits per heavy atom. The highest BCUT2D eigenvalue weighted by molar-refractivity contribution is 5.94. The number of rotatable bonds is 7. The van der Waals surface area contributed by atoms with Gasteiger partial charge in [-0.05, 0) is 17.7 Å². The molecule has 0 unspecified atom stereocenters. The van der Waals surface area contributed by atoms with Gasteiger partial charge in [-0.1, -0.05) is 48.5 Å². The summed E-state index contributed by atoms with van der Waals surface area (Å²) in [4.78, 5) is 37.7. The molecule has 0 saturated carbocycles. The van der Waals surface area contributed by atoms with Gasteiger partial charge in [-0.3, -0.25) is 14.4 Å². The lowest BCUT2D eigenvalue weighted by atomic mass is 10.0. The van der Waals surface area contributed by atoms with Gasteiger partial charge in [0.05, 0.1) is 19.0 Å². The molecule has 2 N–H and O–H groups in total. The standard InChI is InChI=1S/C20H23N3O3/c1-23(2)19(25)14-21-18(24)13-17(15-9-5-3-6-10-15)22-20(26)16-11-7-4-8-12-16/h3-12,17H,13-14H2,1-2H3,(H,21,24)(H,22,26)/t17-/m1/s1. The maximum Gasteiger partial charge on any atom is 0.251 e. The Bertz CT molecular complexity index is 745. The predicted molar refractivity (Wildman–Crippen MR) is 99.4 cm³/mol. The van der Waals surface area contributed by atoms with E-state index in [0.29, 0.717) is 5.56 Å². The lowest BCUT2D eigenvalue weighted by Crippen LogP contribution is -2.38. The molecule has 2 rings (SSSR count). The van der Waals surface area contributed by atoms with Gasteiger partial charge in [0.15, 0.2) is 0 Å². The molecule has 0 bridgehead atoms. The van der Waals surface area contributed by atoms with Crippen molar-refractivity contribution < 1.29 is 14.4 Å². The first-order valence-electron chi connectivity index (χ1n) is 8.35. The van der Waals surface area contributed by atoms with Crippen LogP contribution in [0.25, 0.3) is 0 Å². The molecule has 1 atom stereocenters. The summed E-state index contributed by atoms with van der Waals surface area (Å²) in [5.74, 6) is -0.748. The average Bonchev–Trinajstić information content (AvgIpc) is 2.66. The summed E-state index contributed by atoms with van der Waals surface area (Å²) in [6, 6.07) is 17.6. The minimum absolute atomic E-state index is 0.0449. The molecule has 3 amide bonds. The van der Waals surface area contributed by atoms with Crippen molar-refractivity contribution in [2.45, 2.75) is 12.5 Å². The Kier molecular flexibility index (Phi) is 6.91. The molecule has 2 aromatic rings. The first kappa shape index (κ1) is 19.2. The molecular weight excluding hydrogens is 330 g/mol. The van der Waals surface area contributed by atoms with Crippen molar-refractivity contribution in [1.29, 1.82) is 0 Å². The second kappa shape index (κ2) is 9.36. The molecule has 0 heterocycles. The van der Waals surface area contributed by atoms with Crippen LogP contribution in [0.2, 0.25) is 0 Å².